The molecule has 5 rings (SSSR count). The van der Waals surface area contributed by atoms with Gasteiger partial charge in [0.15, 0.2) is 15.6 Å². The second kappa shape index (κ2) is 8.07. The molecule has 2 aromatic heterocycles. The highest BCUT2D eigenvalue weighted by Crippen LogP contribution is 2.30. The molecule has 164 valence electrons. The van der Waals surface area contributed by atoms with Crippen LogP contribution in [0.2, 0.25) is 0 Å². The van der Waals surface area contributed by atoms with Crippen LogP contribution in [0.3, 0.4) is 0 Å². The number of furan rings is 1. The van der Waals surface area contributed by atoms with Crippen molar-refractivity contribution in [1.82, 2.24) is 14.3 Å². The van der Waals surface area contributed by atoms with Gasteiger partial charge in [-0.1, -0.05) is 18.2 Å². The Kier molecular flexibility index (Phi) is 5.22. The predicted octanol–water partition coefficient (Wildman–Crippen LogP) is 4.48. The summed E-state index contributed by atoms with van der Waals surface area (Å²) >= 11 is 5.82. The van der Waals surface area contributed by atoms with Crippen molar-refractivity contribution in [1.29, 1.82) is 0 Å². The largest absolute Gasteiger partial charge is 0.461 e. The number of rotatable bonds is 5. The number of aryl methyl sites for hydroxylation is 1. The van der Waals surface area contributed by atoms with Crippen molar-refractivity contribution in [2.75, 3.05) is 17.7 Å². The monoisotopic (exact) mass is 466 g/mol. The highest BCUT2D eigenvalue weighted by molar-refractivity contribution is 7.90. The molecule has 0 aliphatic carbocycles. The molecule has 0 spiro atoms. The summed E-state index contributed by atoms with van der Waals surface area (Å²) in [6.45, 7) is 1.29. The van der Waals surface area contributed by atoms with Gasteiger partial charge in [0.1, 0.15) is 6.67 Å². The highest BCUT2D eigenvalue weighted by Gasteiger charge is 2.22. The summed E-state index contributed by atoms with van der Waals surface area (Å²) in [5.41, 5.74) is 2.95. The minimum atomic E-state index is -3.24. The molecule has 9 heteroatoms. The molecule has 2 aromatic carbocycles. The van der Waals surface area contributed by atoms with Crippen LogP contribution >= 0.6 is 12.2 Å². The van der Waals surface area contributed by atoms with Crippen LogP contribution < -0.4 is 4.90 Å². The van der Waals surface area contributed by atoms with Gasteiger partial charge in [0, 0.05) is 18.5 Å². The molecule has 4 aromatic rings. The Hall–Kier alpha value is -3.17. The Morgan fingerprint density at radius 1 is 1.09 bits per heavy atom. The van der Waals surface area contributed by atoms with Crippen LogP contribution in [0, 0.1) is 4.77 Å². The average Bonchev–Trinajstić information content (AvgIpc) is 3.42. The molecular formula is C23H22N4O3S2. The second-order valence-electron chi connectivity index (χ2n) is 7.83. The quantitative estimate of drug-likeness (QED) is 0.404. The number of para-hydroxylation sites is 1. The third-order valence-corrected chi connectivity index (χ3v) is 7.10. The number of anilines is 1. The molecular weight excluding hydrogens is 444 g/mol. The van der Waals surface area contributed by atoms with Gasteiger partial charge in [0.2, 0.25) is 10.6 Å². The van der Waals surface area contributed by atoms with Gasteiger partial charge in [-0.15, -0.1) is 5.10 Å². The lowest BCUT2D eigenvalue weighted by Gasteiger charge is -2.31. The van der Waals surface area contributed by atoms with Gasteiger partial charge in [-0.3, -0.25) is 4.57 Å². The highest BCUT2D eigenvalue weighted by atomic mass is 32.2. The minimum absolute atomic E-state index is 0.350. The third-order valence-electron chi connectivity index (χ3n) is 5.59. The molecule has 0 bridgehead atoms. The number of sulfone groups is 1. The maximum Gasteiger partial charge on any atom is 0.204 e. The van der Waals surface area contributed by atoms with E-state index in [2.05, 4.69) is 4.90 Å². The first kappa shape index (κ1) is 20.7. The smallest absolute Gasteiger partial charge is 0.204 e. The lowest BCUT2D eigenvalue weighted by molar-refractivity contribution is 0.541. The van der Waals surface area contributed by atoms with E-state index < -0.39 is 9.84 Å². The standard InChI is InChI=1S/C23H22N4O3S2/c1-32(28,29)19-11-12-20-17(15-19)7-5-13-25(20)16-26-23(31)27(18-8-3-2-4-9-18)22(24-26)21-10-6-14-30-21/h2-4,6,8-12,14-15H,5,7,13,16H2,1H3. The van der Waals surface area contributed by atoms with Gasteiger partial charge in [0.25, 0.3) is 0 Å². The summed E-state index contributed by atoms with van der Waals surface area (Å²) in [5, 5.41) is 4.80. The zero-order chi connectivity index (χ0) is 22.3. The summed E-state index contributed by atoms with van der Waals surface area (Å²) in [5.74, 6) is 1.27. The van der Waals surface area contributed by atoms with Crippen LogP contribution in [-0.2, 0) is 22.9 Å². The van der Waals surface area contributed by atoms with E-state index in [1.54, 1.807) is 23.1 Å². The van der Waals surface area contributed by atoms with Gasteiger partial charge in [0.05, 0.1) is 16.8 Å². The van der Waals surface area contributed by atoms with Crippen LogP contribution in [-0.4, -0.2) is 35.6 Å². The van der Waals surface area contributed by atoms with E-state index in [0.29, 0.717) is 27.9 Å². The van der Waals surface area contributed by atoms with Crippen molar-refractivity contribution in [3.8, 4) is 17.3 Å². The molecule has 0 atom stereocenters. The molecule has 0 N–H and O–H groups in total. The molecule has 0 unspecified atom stereocenters. The molecule has 0 amide bonds. The van der Waals surface area contributed by atoms with Crippen LogP contribution in [0.1, 0.15) is 12.0 Å². The fourth-order valence-corrected chi connectivity index (χ4v) is 5.03. The molecule has 1 aliphatic rings. The van der Waals surface area contributed by atoms with E-state index in [1.165, 1.54) is 6.26 Å². The normalized spacial score (nSPS) is 13.8. The Morgan fingerprint density at radius 2 is 1.91 bits per heavy atom. The van der Waals surface area contributed by atoms with E-state index in [9.17, 15) is 8.42 Å². The SMILES string of the molecule is CS(=O)(=O)c1ccc2c(c1)CCCN2Cn1nc(-c2ccco2)n(-c2ccccc2)c1=S. The first-order valence-electron chi connectivity index (χ1n) is 10.3. The van der Waals surface area contributed by atoms with Gasteiger partial charge >= 0.3 is 0 Å². The van der Waals surface area contributed by atoms with E-state index in [1.807, 2.05) is 53.1 Å². The zero-order valence-corrected chi connectivity index (χ0v) is 19.1. The summed E-state index contributed by atoms with van der Waals surface area (Å²) in [6, 6.07) is 18.9. The van der Waals surface area contributed by atoms with Crippen LogP contribution in [0.15, 0.2) is 76.2 Å². The van der Waals surface area contributed by atoms with E-state index in [0.717, 1.165) is 36.3 Å². The third kappa shape index (κ3) is 3.78. The molecule has 0 saturated heterocycles. The van der Waals surface area contributed by atoms with Crippen molar-refractivity contribution in [3.63, 3.8) is 0 Å². The van der Waals surface area contributed by atoms with Gasteiger partial charge in [-0.25, -0.2) is 13.1 Å². The zero-order valence-electron chi connectivity index (χ0n) is 17.5. The number of aromatic nitrogens is 3. The predicted molar refractivity (Wildman–Crippen MR) is 125 cm³/mol. The van der Waals surface area contributed by atoms with Gasteiger partial charge in [-0.05, 0) is 73.1 Å². The topological polar surface area (TPSA) is 73.3 Å². The van der Waals surface area contributed by atoms with Crippen LogP contribution in [0.25, 0.3) is 17.3 Å². The van der Waals surface area contributed by atoms with Crippen molar-refractivity contribution in [2.45, 2.75) is 24.4 Å². The summed E-state index contributed by atoms with van der Waals surface area (Å²) < 4.78 is 33.8. The van der Waals surface area contributed by atoms with Crippen molar-refractivity contribution in [2.24, 2.45) is 0 Å². The maximum absolute atomic E-state index is 12.0. The lowest BCUT2D eigenvalue weighted by atomic mass is 10.0. The number of hydrogen-bond donors (Lipinski definition) is 0. The molecule has 7 nitrogen and oxygen atoms in total. The van der Waals surface area contributed by atoms with Crippen molar-refractivity contribution < 1.29 is 12.8 Å². The van der Waals surface area contributed by atoms with E-state index >= 15 is 0 Å². The number of hydrogen-bond acceptors (Lipinski definition) is 6. The number of benzene rings is 2. The molecule has 0 radical (unpaired) electrons. The Labute approximate surface area is 191 Å². The molecule has 1 aliphatic heterocycles. The maximum atomic E-state index is 12.0. The van der Waals surface area contributed by atoms with Crippen LogP contribution in [0.4, 0.5) is 5.69 Å². The molecule has 32 heavy (non-hydrogen) atoms. The number of nitrogens with zero attached hydrogens (tertiary/aromatic N) is 4. The van der Waals surface area contributed by atoms with Gasteiger partial charge in [-0.2, -0.15) is 0 Å². The number of fused-ring (bicyclic) bond motifs is 1. The second-order valence-corrected chi connectivity index (χ2v) is 10.2. The molecule has 0 saturated carbocycles. The summed E-state index contributed by atoms with van der Waals surface area (Å²) in [4.78, 5) is 2.54. The van der Waals surface area contributed by atoms with Crippen molar-refractivity contribution in [3.05, 3.63) is 77.3 Å². The Morgan fingerprint density at radius 3 is 2.62 bits per heavy atom. The fourth-order valence-electron chi connectivity index (χ4n) is 4.07. The van der Waals surface area contributed by atoms with Crippen molar-refractivity contribution >= 4 is 27.7 Å². The molecule has 0 fully saturated rings. The van der Waals surface area contributed by atoms with E-state index in [-0.39, 0.29) is 0 Å². The summed E-state index contributed by atoms with van der Waals surface area (Å²) in [7, 11) is -3.24. The minimum Gasteiger partial charge on any atom is -0.461 e. The molecule has 3 heterocycles. The first-order valence-corrected chi connectivity index (χ1v) is 12.6. The van der Waals surface area contributed by atoms with Gasteiger partial charge < -0.3 is 9.32 Å². The average molecular weight is 467 g/mol. The summed E-state index contributed by atoms with van der Waals surface area (Å²) in [6.07, 6.45) is 4.63. The Bertz CT molecular complexity index is 1420. The first-order chi connectivity index (χ1) is 15.4. The Balaban J connectivity index is 1.56. The van der Waals surface area contributed by atoms with Crippen LogP contribution in [0.5, 0.6) is 0 Å². The fraction of sp³-hybridized carbons (Fsp3) is 0.217. The lowest BCUT2D eigenvalue weighted by Crippen LogP contribution is -2.32. The van der Waals surface area contributed by atoms with E-state index in [4.69, 9.17) is 21.7 Å².